The van der Waals surface area contributed by atoms with Gasteiger partial charge < -0.3 is 15.0 Å². The molecule has 1 saturated heterocycles. The molecule has 2 aromatic carbocycles. The number of hydrogen-bond donors (Lipinski definition) is 2. The summed E-state index contributed by atoms with van der Waals surface area (Å²) >= 11 is 0. The molecule has 2 aromatic heterocycles. The molecular weight excluding hydrogens is 454 g/mol. The number of pyridine rings is 1. The van der Waals surface area contributed by atoms with Crippen molar-refractivity contribution in [2.24, 2.45) is 0 Å². The molecule has 3 heterocycles. The van der Waals surface area contributed by atoms with Crippen molar-refractivity contribution in [2.75, 3.05) is 25.5 Å². The predicted molar refractivity (Wildman–Crippen MR) is 130 cm³/mol. The van der Waals surface area contributed by atoms with Crippen LogP contribution in [0, 0.1) is 0 Å². The summed E-state index contributed by atoms with van der Waals surface area (Å²) in [6.45, 7) is 1.09. The molecule has 0 spiro atoms. The lowest BCUT2D eigenvalue weighted by molar-refractivity contribution is 0.416. The number of aromatic amines is 1. The lowest BCUT2D eigenvalue weighted by Crippen LogP contribution is -2.27. The van der Waals surface area contributed by atoms with E-state index in [9.17, 15) is 13.2 Å². The van der Waals surface area contributed by atoms with Crippen LogP contribution in [0.1, 0.15) is 12.8 Å². The summed E-state index contributed by atoms with van der Waals surface area (Å²) in [6, 6.07) is 15.6. The number of nitrogens with zero attached hydrogens (tertiary/aromatic N) is 3. The maximum atomic E-state index is 12.8. The summed E-state index contributed by atoms with van der Waals surface area (Å²) in [4.78, 5) is 24.4. The van der Waals surface area contributed by atoms with Crippen LogP contribution < -0.4 is 15.6 Å². The number of benzene rings is 2. The van der Waals surface area contributed by atoms with E-state index in [1.54, 1.807) is 37.4 Å². The Balaban J connectivity index is 1.55. The van der Waals surface area contributed by atoms with E-state index in [4.69, 9.17) is 9.72 Å². The van der Waals surface area contributed by atoms with Crippen molar-refractivity contribution in [2.45, 2.75) is 17.7 Å². The monoisotopic (exact) mass is 477 g/mol. The first kappa shape index (κ1) is 22.1. The Kier molecular flexibility index (Phi) is 5.76. The zero-order valence-corrected chi connectivity index (χ0v) is 19.3. The molecule has 5 rings (SSSR count). The molecule has 0 unspecified atom stereocenters. The van der Waals surface area contributed by atoms with Gasteiger partial charge in [-0.25, -0.2) is 18.4 Å². The van der Waals surface area contributed by atoms with Crippen molar-refractivity contribution in [1.82, 2.24) is 19.3 Å². The third-order valence-corrected chi connectivity index (χ3v) is 7.74. The number of methoxy groups -OCH3 is 1. The summed E-state index contributed by atoms with van der Waals surface area (Å²) in [5, 5.41) is 3.46. The minimum Gasteiger partial charge on any atom is -0.496 e. The summed E-state index contributed by atoms with van der Waals surface area (Å²) in [5.74, 6) is 0.949. The van der Waals surface area contributed by atoms with Gasteiger partial charge in [0, 0.05) is 24.3 Å². The van der Waals surface area contributed by atoms with Crippen molar-refractivity contribution in [3.63, 3.8) is 0 Å². The summed E-state index contributed by atoms with van der Waals surface area (Å²) in [5.41, 5.74) is 2.06. The first-order chi connectivity index (χ1) is 16.5. The minimum atomic E-state index is -3.51. The van der Waals surface area contributed by atoms with Gasteiger partial charge in [-0.15, -0.1) is 0 Å². The van der Waals surface area contributed by atoms with Crippen LogP contribution >= 0.6 is 0 Å². The summed E-state index contributed by atoms with van der Waals surface area (Å²) in [6.07, 6.45) is 3.10. The minimum absolute atomic E-state index is 0.236. The van der Waals surface area contributed by atoms with Crippen LogP contribution in [0.5, 0.6) is 5.75 Å². The van der Waals surface area contributed by atoms with Gasteiger partial charge in [0.25, 0.3) is 5.56 Å². The first-order valence-electron chi connectivity index (χ1n) is 10.9. The van der Waals surface area contributed by atoms with Gasteiger partial charge in [-0.05, 0) is 55.3 Å². The molecule has 1 aliphatic heterocycles. The molecule has 0 amide bonds. The van der Waals surface area contributed by atoms with Crippen LogP contribution in [-0.2, 0) is 10.0 Å². The van der Waals surface area contributed by atoms with E-state index in [1.807, 2.05) is 24.3 Å². The lowest BCUT2D eigenvalue weighted by Gasteiger charge is -2.16. The fraction of sp³-hybridized carbons (Fsp3) is 0.208. The van der Waals surface area contributed by atoms with E-state index in [1.165, 1.54) is 10.6 Å². The van der Waals surface area contributed by atoms with Crippen LogP contribution in [0.2, 0.25) is 0 Å². The van der Waals surface area contributed by atoms with E-state index in [2.05, 4.69) is 15.3 Å². The van der Waals surface area contributed by atoms with Gasteiger partial charge in [-0.2, -0.15) is 4.31 Å². The van der Waals surface area contributed by atoms with Gasteiger partial charge in [0.1, 0.15) is 17.0 Å². The number of hydrogen-bond acceptors (Lipinski definition) is 7. The normalized spacial score (nSPS) is 14.4. The van der Waals surface area contributed by atoms with Gasteiger partial charge in [0.05, 0.1) is 29.5 Å². The van der Waals surface area contributed by atoms with Gasteiger partial charge >= 0.3 is 0 Å². The highest BCUT2D eigenvalue weighted by molar-refractivity contribution is 7.89. The number of H-pyrrole nitrogens is 1. The molecule has 2 N–H and O–H groups in total. The van der Waals surface area contributed by atoms with Gasteiger partial charge in [0.2, 0.25) is 10.0 Å². The van der Waals surface area contributed by atoms with E-state index >= 15 is 0 Å². The highest BCUT2D eigenvalue weighted by atomic mass is 32.2. The SMILES string of the molecule is COc1ccccc1-c1cc2nc[nH]c(=O)c2c(Nc2ccc(S(=O)(=O)N3CCCC3)cc2)n1. The molecule has 1 fully saturated rings. The quantitative estimate of drug-likeness (QED) is 0.436. The largest absolute Gasteiger partial charge is 0.496 e. The molecule has 0 saturated carbocycles. The Morgan fingerprint density at radius 2 is 1.79 bits per heavy atom. The molecule has 0 radical (unpaired) electrons. The number of fused-ring (bicyclic) bond motifs is 1. The van der Waals surface area contributed by atoms with E-state index in [0.717, 1.165) is 18.4 Å². The maximum absolute atomic E-state index is 12.8. The van der Waals surface area contributed by atoms with Crippen molar-refractivity contribution in [3.05, 3.63) is 71.3 Å². The van der Waals surface area contributed by atoms with E-state index in [0.29, 0.717) is 46.9 Å². The number of nitrogens with one attached hydrogen (secondary N) is 2. The lowest BCUT2D eigenvalue weighted by atomic mass is 10.1. The Morgan fingerprint density at radius 3 is 2.53 bits per heavy atom. The molecule has 174 valence electrons. The van der Waals surface area contributed by atoms with E-state index in [-0.39, 0.29) is 10.5 Å². The van der Waals surface area contributed by atoms with Crippen LogP contribution in [0.15, 0.2) is 70.6 Å². The molecule has 0 atom stereocenters. The number of anilines is 2. The molecule has 1 aliphatic rings. The third kappa shape index (κ3) is 4.02. The summed E-state index contributed by atoms with van der Waals surface area (Å²) in [7, 11) is -1.93. The van der Waals surface area contributed by atoms with E-state index < -0.39 is 10.0 Å². The van der Waals surface area contributed by atoms with Crippen molar-refractivity contribution in [1.29, 1.82) is 0 Å². The van der Waals surface area contributed by atoms with Crippen molar-refractivity contribution in [3.8, 4) is 17.0 Å². The molecular formula is C24H23N5O4S. The van der Waals surface area contributed by atoms with Gasteiger partial charge in [-0.1, -0.05) is 12.1 Å². The predicted octanol–water partition coefficient (Wildman–Crippen LogP) is 3.52. The van der Waals surface area contributed by atoms with Crippen LogP contribution in [0.4, 0.5) is 11.5 Å². The number of sulfonamides is 1. The zero-order chi connectivity index (χ0) is 23.7. The molecule has 10 heteroatoms. The second kappa shape index (κ2) is 8.88. The van der Waals surface area contributed by atoms with Gasteiger partial charge in [-0.3, -0.25) is 4.79 Å². The Hall–Kier alpha value is -3.76. The fourth-order valence-electron chi connectivity index (χ4n) is 4.10. The average molecular weight is 478 g/mol. The van der Waals surface area contributed by atoms with Gasteiger partial charge in [0.15, 0.2) is 0 Å². The Morgan fingerprint density at radius 1 is 1.06 bits per heavy atom. The second-order valence-electron chi connectivity index (χ2n) is 7.94. The van der Waals surface area contributed by atoms with Crippen LogP contribution in [0.3, 0.4) is 0 Å². The molecule has 4 aromatic rings. The highest BCUT2D eigenvalue weighted by Crippen LogP contribution is 2.32. The summed E-state index contributed by atoms with van der Waals surface area (Å²) < 4.78 is 32.6. The zero-order valence-electron chi connectivity index (χ0n) is 18.5. The Labute approximate surface area is 196 Å². The molecule has 9 nitrogen and oxygen atoms in total. The van der Waals surface area contributed by atoms with Crippen LogP contribution in [0.25, 0.3) is 22.2 Å². The number of rotatable bonds is 6. The highest BCUT2D eigenvalue weighted by Gasteiger charge is 2.27. The fourth-order valence-corrected chi connectivity index (χ4v) is 5.62. The molecule has 0 bridgehead atoms. The average Bonchev–Trinajstić information content (AvgIpc) is 3.40. The molecule has 34 heavy (non-hydrogen) atoms. The smallest absolute Gasteiger partial charge is 0.262 e. The Bertz CT molecular complexity index is 1510. The maximum Gasteiger partial charge on any atom is 0.262 e. The second-order valence-corrected chi connectivity index (χ2v) is 9.88. The topological polar surface area (TPSA) is 117 Å². The molecule has 0 aliphatic carbocycles. The first-order valence-corrected chi connectivity index (χ1v) is 12.3. The van der Waals surface area contributed by atoms with Crippen molar-refractivity contribution >= 4 is 32.4 Å². The van der Waals surface area contributed by atoms with Crippen LogP contribution in [-0.4, -0.2) is 47.9 Å². The number of para-hydroxylation sites is 1. The number of ether oxygens (including phenoxy) is 1. The third-order valence-electron chi connectivity index (χ3n) is 5.83. The van der Waals surface area contributed by atoms with Crippen molar-refractivity contribution < 1.29 is 13.2 Å². The standard InChI is InChI=1S/C24H23N5O4S/c1-33-21-7-3-2-6-18(21)19-14-20-22(24(30)26-15-25-20)23(28-19)27-16-8-10-17(11-9-16)34(31,32)29-12-4-5-13-29/h2-3,6-11,14-15H,4-5,12-13H2,1H3,(H,27,28)(H,25,26,30). The number of aromatic nitrogens is 3.